The van der Waals surface area contributed by atoms with Crippen LogP contribution in [-0.2, 0) is 19.3 Å². The Morgan fingerprint density at radius 1 is 1.22 bits per heavy atom. The molecule has 6 heteroatoms. The SMILES string of the molecule is O=C1Nc2ccc(S(=O)(=O)Cl)cc2C12CCCC2. The van der Waals surface area contributed by atoms with Gasteiger partial charge in [-0.05, 0) is 36.6 Å². The first-order valence-corrected chi connectivity index (χ1v) is 8.15. The highest BCUT2D eigenvalue weighted by Gasteiger charge is 2.48. The van der Waals surface area contributed by atoms with E-state index in [1.54, 1.807) is 12.1 Å². The molecule has 0 radical (unpaired) electrons. The van der Waals surface area contributed by atoms with Crippen LogP contribution in [0.5, 0.6) is 0 Å². The molecule has 4 nitrogen and oxygen atoms in total. The zero-order chi connectivity index (χ0) is 13.0. The molecule has 1 amide bonds. The molecule has 1 N–H and O–H groups in total. The van der Waals surface area contributed by atoms with Crippen molar-refractivity contribution in [2.75, 3.05) is 5.32 Å². The second kappa shape index (κ2) is 3.71. The van der Waals surface area contributed by atoms with Gasteiger partial charge in [0.15, 0.2) is 0 Å². The summed E-state index contributed by atoms with van der Waals surface area (Å²) in [5, 5.41) is 2.83. The molecular weight excluding hydrogens is 274 g/mol. The molecule has 18 heavy (non-hydrogen) atoms. The normalized spacial score (nSPS) is 21.1. The number of carbonyl (C=O) groups excluding carboxylic acids is 1. The minimum Gasteiger partial charge on any atom is -0.325 e. The van der Waals surface area contributed by atoms with Gasteiger partial charge in [0.05, 0.1) is 10.3 Å². The van der Waals surface area contributed by atoms with Crippen molar-refractivity contribution < 1.29 is 13.2 Å². The number of carbonyl (C=O) groups is 1. The molecule has 1 aromatic rings. The maximum Gasteiger partial charge on any atom is 0.261 e. The Labute approximate surface area is 110 Å². The van der Waals surface area contributed by atoms with Crippen LogP contribution in [0.4, 0.5) is 5.69 Å². The topological polar surface area (TPSA) is 63.2 Å². The van der Waals surface area contributed by atoms with Crippen LogP contribution in [0.2, 0.25) is 0 Å². The molecule has 1 aliphatic heterocycles. The van der Waals surface area contributed by atoms with Crippen molar-refractivity contribution in [2.24, 2.45) is 0 Å². The molecule has 1 aliphatic carbocycles. The Morgan fingerprint density at radius 3 is 2.50 bits per heavy atom. The van der Waals surface area contributed by atoms with E-state index in [1.807, 2.05) is 0 Å². The molecule has 0 unspecified atom stereocenters. The molecule has 0 aromatic heterocycles. The van der Waals surface area contributed by atoms with Crippen LogP contribution in [-0.4, -0.2) is 14.3 Å². The number of nitrogens with one attached hydrogen (secondary N) is 1. The van der Waals surface area contributed by atoms with Crippen LogP contribution in [0.3, 0.4) is 0 Å². The summed E-state index contributed by atoms with van der Waals surface area (Å²) in [7, 11) is 1.60. The number of anilines is 1. The van der Waals surface area contributed by atoms with Crippen LogP contribution < -0.4 is 5.32 Å². The maximum atomic E-state index is 12.1. The number of fused-ring (bicyclic) bond motifs is 2. The molecule has 0 atom stereocenters. The lowest BCUT2D eigenvalue weighted by atomic mass is 9.80. The first-order chi connectivity index (χ1) is 8.43. The van der Waals surface area contributed by atoms with E-state index in [2.05, 4.69) is 5.32 Å². The number of hydrogen-bond donors (Lipinski definition) is 1. The predicted octanol–water partition coefficient (Wildman–Crippen LogP) is 2.38. The van der Waals surface area contributed by atoms with Crippen LogP contribution in [0.25, 0.3) is 0 Å². The average Bonchev–Trinajstić information content (AvgIpc) is 2.87. The predicted molar refractivity (Wildman–Crippen MR) is 68.3 cm³/mol. The fourth-order valence-electron chi connectivity index (χ4n) is 3.02. The Balaban J connectivity index is 2.20. The maximum absolute atomic E-state index is 12.1. The summed E-state index contributed by atoms with van der Waals surface area (Å²) < 4.78 is 22.8. The van der Waals surface area contributed by atoms with Gasteiger partial charge in [-0.3, -0.25) is 4.79 Å². The molecule has 3 rings (SSSR count). The van der Waals surface area contributed by atoms with Crippen LogP contribution in [0.1, 0.15) is 31.2 Å². The quantitative estimate of drug-likeness (QED) is 0.806. The fraction of sp³-hybridized carbons (Fsp3) is 0.417. The van der Waals surface area contributed by atoms with Crippen molar-refractivity contribution in [1.29, 1.82) is 0 Å². The van der Waals surface area contributed by atoms with E-state index in [9.17, 15) is 13.2 Å². The van der Waals surface area contributed by atoms with Gasteiger partial charge in [0.25, 0.3) is 9.05 Å². The van der Waals surface area contributed by atoms with Gasteiger partial charge in [-0.15, -0.1) is 0 Å². The summed E-state index contributed by atoms with van der Waals surface area (Å²) in [6.07, 6.45) is 3.53. The van der Waals surface area contributed by atoms with Gasteiger partial charge in [0, 0.05) is 16.4 Å². The van der Waals surface area contributed by atoms with E-state index < -0.39 is 14.5 Å². The van der Waals surface area contributed by atoms with E-state index in [1.165, 1.54) is 6.07 Å². The zero-order valence-corrected chi connectivity index (χ0v) is 11.1. The Bertz CT molecular complexity index is 633. The lowest BCUT2D eigenvalue weighted by Gasteiger charge is -2.20. The van der Waals surface area contributed by atoms with Crippen molar-refractivity contribution in [1.82, 2.24) is 0 Å². The summed E-state index contributed by atoms with van der Waals surface area (Å²) in [6.45, 7) is 0. The molecule has 1 fully saturated rings. The summed E-state index contributed by atoms with van der Waals surface area (Å²) in [6, 6.07) is 4.59. The average molecular weight is 286 g/mol. The van der Waals surface area contributed by atoms with E-state index in [4.69, 9.17) is 10.7 Å². The molecule has 0 bridgehead atoms. The molecule has 1 spiro atoms. The zero-order valence-electron chi connectivity index (χ0n) is 9.57. The number of rotatable bonds is 1. The summed E-state index contributed by atoms with van der Waals surface area (Å²) in [5.41, 5.74) is 0.963. The first kappa shape index (κ1) is 12.0. The summed E-state index contributed by atoms with van der Waals surface area (Å²) >= 11 is 0. The minimum absolute atomic E-state index is 0.0147. The Kier molecular flexibility index (Phi) is 2.47. The van der Waals surface area contributed by atoms with E-state index in [-0.39, 0.29) is 10.8 Å². The van der Waals surface area contributed by atoms with Gasteiger partial charge in [0.2, 0.25) is 5.91 Å². The highest BCUT2D eigenvalue weighted by atomic mass is 35.7. The van der Waals surface area contributed by atoms with Crippen LogP contribution in [0.15, 0.2) is 23.1 Å². The van der Waals surface area contributed by atoms with Gasteiger partial charge in [-0.1, -0.05) is 12.8 Å². The highest BCUT2D eigenvalue weighted by molar-refractivity contribution is 8.13. The highest BCUT2D eigenvalue weighted by Crippen LogP contribution is 2.49. The molecule has 1 aromatic carbocycles. The standard InChI is InChI=1S/C12H12ClNO3S/c13-18(16,17)8-3-4-10-9(7-8)12(11(15)14-10)5-1-2-6-12/h3-4,7H,1-2,5-6H2,(H,14,15). The Morgan fingerprint density at radius 2 is 1.89 bits per heavy atom. The number of hydrogen-bond acceptors (Lipinski definition) is 3. The van der Waals surface area contributed by atoms with E-state index in [0.717, 1.165) is 31.2 Å². The van der Waals surface area contributed by atoms with E-state index in [0.29, 0.717) is 5.69 Å². The number of benzene rings is 1. The third-order valence-electron chi connectivity index (χ3n) is 3.93. The minimum atomic E-state index is -3.75. The van der Waals surface area contributed by atoms with Crippen molar-refractivity contribution in [3.05, 3.63) is 23.8 Å². The third kappa shape index (κ3) is 1.57. The lowest BCUT2D eigenvalue weighted by molar-refractivity contribution is -0.120. The van der Waals surface area contributed by atoms with Gasteiger partial charge < -0.3 is 5.32 Å². The fourth-order valence-corrected chi connectivity index (χ4v) is 3.80. The van der Waals surface area contributed by atoms with Gasteiger partial charge in [0.1, 0.15) is 0 Å². The Hall–Kier alpha value is -1.07. The van der Waals surface area contributed by atoms with Gasteiger partial charge in [-0.2, -0.15) is 0 Å². The number of halogens is 1. The summed E-state index contributed by atoms with van der Waals surface area (Å²) in [4.78, 5) is 12.2. The lowest BCUT2D eigenvalue weighted by Crippen LogP contribution is -2.31. The van der Waals surface area contributed by atoms with Gasteiger partial charge >= 0.3 is 0 Å². The van der Waals surface area contributed by atoms with Crippen molar-refractivity contribution in [3.8, 4) is 0 Å². The largest absolute Gasteiger partial charge is 0.325 e. The molecule has 96 valence electrons. The molecule has 1 saturated carbocycles. The van der Waals surface area contributed by atoms with Crippen LogP contribution in [0, 0.1) is 0 Å². The third-order valence-corrected chi connectivity index (χ3v) is 5.28. The van der Waals surface area contributed by atoms with Crippen molar-refractivity contribution >= 4 is 31.3 Å². The second-order valence-corrected chi connectivity index (χ2v) is 7.45. The summed E-state index contributed by atoms with van der Waals surface area (Å²) in [5.74, 6) is -0.0147. The smallest absolute Gasteiger partial charge is 0.261 e. The first-order valence-electron chi connectivity index (χ1n) is 5.84. The van der Waals surface area contributed by atoms with E-state index >= 15 is 0 Å². The van der Waals surface area contributed by atoms with Crippen molar-refractivity contribution in [3.63, 3.8) is 0 Å². The monoisotopic (exact) mass is 285 g/mol. The molecular formula is C12H12ClNO3S. The number of amides is 1. The molecule has 2 aliphatic rings. The molecule has 1 heterocycles. The van der Waals surface area contributed by atoms with Crippen molar-refractivity contribution in [2.45, 2.75) is 36.0 Å². The second-order valence-electron chi connectivity index (χ2n) is 4.89. The molecule has 0 saturated heterocycles. The van der Waals surface area contributed by atoms with Crippen LogP contribution >= 0.6 is 10.7 Å². The van der Waals surface area contributed by atoms with Gasteiger partial charge in [-0.25, -0.2) is 8.42 Å².